The van der Waals surface area contributed by atoms with E-state index in [0.29, 0.717) is 11.4 Å². The summed E-state index contributed by atoms with van der Waals surface area (Å²) in [5.41, 5.74) is 1.98. The summed E-state index contributed by atoms with van der Waals surface area (Å²) in [7, 11) is -3.20. The van der Waals surface area contributed by atoms with Gasteiger partial charge < -0.3 is 9.72 Å². The van der Waals surface area contributed by atoms with Gasteiger partial charge in [-0.15, -0.1) is 0 Å². The van der Waals surface area contributed by atoms with Crippen molar-refractivity contribution in [1.82, 2.24) is 4.40 Å². The average molecular weight is 305 g/mol. The van der Waals surface area contributed by atoms with E-state index in [4.69, 9.17) is 0 Å². The largest absolute Gasteiger partial charge is 0.311 e. The van der Waals surface area contributed by atoms with Crippen LogP contribution in [0.25, 0.3) is 5.52 Å². The molecule has 0 radical (unpaired) electrons. The van der Waals surface area contributed by atoms with Gasteiger partial charge in [0.25, 0.3) is 0 Å². The van der Waals surface area contributed by atoms with Crippen LogP contribution in [0.15, 0.2) is 24.4 Å². The van der Waals surface area contributed by atoms with Gasteiger partial charge in [-0.05, 0) is 24.6 Å². The zero-order valence-corrected chi connectivity index (χ0v) is 12.6. The third-order valence-electron chi connectivity index (χ3n) is 3.17. The molecule has 1 amide bonds. The quantitative estimate of drug-likeness (QED) is 0.926. The normalized spacial score (nSPS) is 11.3. The number of pyridine rings is 1. The maximum absolute atomic E-state index is 11.9. The van der Waals surface area contributed by atoms with Crippen molar-refractivity contribution < 1.29 is 13.2 Å². The number of nitrogens with one attached hydrogen (secondary N) is 1. The van der Waals surface area contributed by atoms with Gasteiger partial charge in [-0.2, -0.15) is 5.26 Å². The van der Waals surface area contributed by atoms with Crippen molar-refractivity contribution in [2.75, 3.05) is 17.3 Å². The lowest BCUT2D eigenvalue weighted by Crippen LogP contribution is -2.18. The van der Waals surface area contributed by atoms with E-state index in [1.54, 1.807) is 23.6 Å². The molecular weight excluding hydrogens is 290 g/mol. The minimum Gasteiger partial charge on any atom is -0.311 e. The van der Waals surface area contributed by atoms with Crippen LogP contribution in [0.4, 0.5) is 5.82 Å². The molecule has 2 aromatic rings. The van der Waals surface area contributed by atoms with Crippen LogP contribution in [-0.4, -0.2) is 30.7 Å². The van der Waals surface area contributed by atoms with Gasteiger partial charge in [0.05, 0.1) is 16.8 Å². The Morgan fingerprint density at radius 3 is 2.76 bits per heavy atom. The Morgan fingerprint density at radius 1 is 1.43 bits per heavy atom. The van der Waals surface area contributed by atoms with Crippen molar-refractivity contribution in [3.63, 3.8) is 0 Å². The summed E-state index contributed by atoms with van der Waals surface area (Å²) in [5, 5.41) is 11.9. The van der Waals surface area contributed by atoms with Crippen LogP contribution < -0.4 is 5.32 Å². The predicted octanol–water partition coefficient (Wildman–Crippen LogP) is 1.49. The van der Waals surface area contributed by atoms with E-state index in [9.17, 15) is 18.5 Å². The SMILES string of the molecule is Cc1c(C#N)c(NC(=O)CCS(C)(=O)=O)n2ccccc12. The molecule has 1 N–H and O–H groups in total. The summed E-state index contributed by atoms with van der Waals surface area (Å²) < 4.78 is 23.9. The van der Waals surface area contributed by atoms with Crippen LogP contribution in [-0.2, 0) is 14.6 Å². The standard InChI is InChI=1S/C14H15N3O3S/c1-10-11(9-15)14(17-7-4-3-5-12(10)17)16-13(18)6-8-21(2,19)20/h3-5,7H,6,8H2,1-2H3,(H,16,18). The Morgan fingerprint density at radius 2 is 2.14 bits per heavy atom. The number of hydrogen-bond acceptors (Lipinski definition) is 4. The van der Waals surface area contributed by atoms with Crippen molar-refractivity contribution in [2.45, 2.75) is 13.3 Å². The number of aryl methyl sites for hydroxylation is 1. The Bertz CT molecular complexity index is 844. The molecule has 110 valence electrons. The monoisotopic (exact) mass is 305 g/mol. The number of sulfone groups is 1. The first-order valence-corrected chi connectivity index (χ1v) is 8.37. The summed E-state index contributed by atoms with van der Waals surface area (Å²) in [6.45, 7) is 1.81. The van der Waals surface area contributed by atoms with Crippen LogP contribution in [0.5, 0.6) is 0 Å². The summed E-state index contributed by atoms with van der Waals surface area (Å²) in [4.78, 5) is 11.9. The second-order valence-corrected chi connectivity index (χ2v) is 7.10. The molecule has 0 saturated heterocycles. The van der Waals surface area contributed by atoms with Crippen molar-refractivity contribution in [3.8, 4) is 6.07 Å². The molecule has 7 heteroatoms. The van der Waals surface area contributed by atoms with E-state index in [2.05, 4.69) is 11.4 Å². The summed E-state index contributed by atoms with van der Waals surface area (Å²) in [6.07, 6.45) is 2.69. The maximum Gasteiger partial charge on any atom is 0.226 e. The fourth-order valence-electron chi connectivity index (χ4n) is 2.10. The van der Waals surface area contributed by atoms with Crippen molar-refractivity contribution in [1.29, 1.82) is 5.26 Å². The number of carbonyl (C=O) groups is 1. The van der Waals surface area contributed by atoms with Crippen LogP contribution in [0, 0.1) is 18.3 Å². The highest BCUT2D eigenvalue weighted by molar-refractivity contribution is 7.90. The lowest BCUT2D eigenvalue weighted by atomic mass is 10.2. The smallest absolute Gasteiger partial charge is 0.226 e. The number of carbonyl (C=O) groups excluding carboxylic acids is 1. The third-order valence-corrected chi connectivity index (χ3v) is 4.11. The Hall–Kier alpha value is -2.33. The number of hydrogen-bond donors (Lipinski definition) is 1. The van der Waals surface area contributed by atoms with Gasteiger partial charge in [0.2, 0.25) is 5.91 Å². The zero-order chi connectivity index (χ0) is 15.6. The van der Waals surface area contributed by atoms with E-state index in [1.807, 2.05) is 12.1 Å². The summed E-state index contributed by atoms with van der Waals surface area (Å²) in [6, 6.07) is 7.56. The molecular formula is C14H15N3O3S. The summed E-state index contributed by atoms with van der Waals surface area (Å²) in [5.74, 6) is -0.271. The first kappa shape index (κ1) is 15.1. The minimum absolute atomic E-state index is 0.136. The molecule has 0 spiro atoms. The fourth-order valence-corrected chi connectivity index (χ4v) is 2.66. The number of rotatable bonds is 4. The topological polar surface area (TPSA) is 91.4 Å². The number of aromatic nitrogens is 1. The second-order valence-electron chi connectivity index (χ2n) is 4.84. The summed E-state index contributed by atoms with van der Waals surface area (Å²) >= 11 is 0. The number of fused-ring (bicyclic) bond motifs is 1. The van der Waals surface area contributed by atoms with E-state index in [1.165, 1.54) is 0 Å². The van der Waals surface area contributed by atoms with Gasteiger partial charge in [-0.3, -0.25) is 4.79 Å². The number of anilines is 1. The molecule has 0 unspecified atom stereocenters. The molecule has 0 aliphatic rings. The van der Waals surface area contributed by atoms with Gasteiger partial charge in [-0.1, -0.05) is 6.07 Å². The number of amides is 1. The van der Waals surface area contributed by atoms with Gasteiger partial charge in [0, 0.05) is 18.9 Å². The Labute approximate surface area is 122 Å². The molecule has 0 fully saturated rings. The lowest BCUT2D eigenvalue weighted by Gasteiger charge is -2.06. The maximum atomic E-state index is 11.9. The van der Waals surface area contributed by atoms with Crippen molar-refractivity contribution >= 4 is 27.1 Å². The van der Waals surface area contributed by atoms with Gasteiger partial charge in [0.15, 0.2) is 0 Å². The molecule has 2 aromatic heterocycles. The highest BCUT2D eigenvalue weighted by Gasteiger charge is 2.17. The average Bonchev–Trinajstić information content (AvgIpc) is 2.69. The van der Waals surface area contributed by atoms with E-state index in [-0.39, 0.29) is 12.2 Å². The minimum atomic E-state index is -3.20. The van der Waals surface area contributed by atoms with E-state index < -0.39 is 15.7 Å². The molecule has 0 atom stereocenters. The van der Waals surface area contributed by atoms with Gasteiger partial charge >= 0.3 is 0 Å². The Balaban J connectivity index is 2.34. The first-order chi connectivity index (χ1) is 9.83. The van der Waals surface area contributed by atoms with E-state index in [0.717, 1.165) is 17.3 Å². The van der Waals surface area contributed by atoms with Crippen LogP contribution in [0.2, 0.25) is 0 Å². The van der Waals surface area contributed by atoms with Crippen LogP contribution in [0.1, 0.15) is 17.5 Å². The number of nitriles is 1. The fraction of sp³-hybridized carbons (Fsp3) is 0.286. The lowest BCUT2D eigenvalue weighted by molar-refractivity contribution is -0.115. The molecule has 2 rings (SSSR count). The molecule has 2 heterocycles. The molecule has 21 heavy (non-hydrogen) atoms. The van der Waals surface area contributed by atoms with Crippen molar-refractivity contribution in [3.05, 3.63) is 35.5 Å². The van der Waals surface area contributed by atoms with Gasteiger partial charge in [0.1, 0.15) is 21.7 Å². The number of nitrogens with zero attached hydrogens (tertiary/aromatic N) is 2. The van der Waals surface area contributed by atoms with Crippen LogP contribution >= 0.6 is 0 Å². The molecule has 0 aliphatic carbocycles. The Kier molecular flexibility index (Phi) is 4.00. The molecule has 6 nitrogen and oxygen atoms in total. The molecule has 0 aliphatic heterocycles. The molecule has 0 bridgehead atoms. The third kappa shape index (κ3) is 3.23. The van der Waals surface area contributed by atoms with Crippen molar-refractivity contribution in [2.24, 2.45) is 0 Å². The molecule has 0 aromatic carbocycles. The van der Waals surface area contributed by atoms with Gasteiger partial charge in [-0.25, -0.2) is 8.42 Å². The highest BCUT2D eigenvalue weighted by Crippen LogP contribution is 2.26. The van der Waals surface area contributed by atoms with Crippen LogP contribution in [0.3, 0.4) is 0 Å². The predicted molar refractivity (Wildman–Crippen MR) is 79.8 cm³/mol. The zero-order valence-electron chi connectivity index (χ0n) is 11.8. The van der Waals surface area contributed by atoms with E-state index >= 15 is 0 Å². The second kappa shape index (κ2) is 5.58. The molecule has 0 saturated carbocycles. The first-order valence-electron chi connectivity index (χ1n) is 6.31. The highest BCUT2D eigenvalue weighted by atomic mass is 32.2.